The van der Waals surface area contributed by atoms with Gasteiger partial charge < -0.3 is 11.1 Å². The van der Waals surface area contributed by atoms with E-state index in [1.54, 1.807) is 0 Å². The average Bonchev–Trinajstić information content (AvgIpc) is 2.68. The largest absolute Gasteiger partial charge is 0.349 e. The van der Waals surface area contributed by atoms with Crippen LogP contribution in [0.1, 0.15) is 46.8 Å². The van der Waals surface area contributed by atoms with E-state index < -0.39 is 0 Å². The number of aryl methyl sites for hydroxylation is 1. The number of rotatable bonds is 4. The van der Waals surface area contributed by atoms with Crippen LogP contribution in [0.5, 0.6) is 0 Å². The van der Waals surface area contributed by atoms with Crippen LogP contribution in [0, 0.1) is 18.8 Å². The van der Waals surface area contributed by atoms with Crippen molar-refractivity contribution in [2.45, 2.75) is 39.7 Å². The molecule has 0 saturated heterocycles. The smallest absolute Gasteiger partial charge is 0.261 e. The van der Waals surface area contributed by atoms with Gasteiger partial charge in [-0.1, -0.05) is 25.2 Å². The molecule has 98 valence electrons. The molecule has 0 aliphatic carbocycles. The topological polar surface area (TPSA) is 55.1 Å². The number of amides is 1. The van der Waals surface area contributed by atoms with Crippen molar-refractivity contribution in [1.82, 2.24) is 5.32 Å². The Hall–Kier alpha value is -1.31. The number of nitrogens with two attached hydrogens (primary N) is 1. The van der Waals surface area contributed by atoms with Gasteiger partial charge in [0.25, 0.3) is 5.91 Å². The van der Waals surface area contributed by atoms with Gasteiger partial charge in [0.05, 0.1) is 16.3 Å². The molecule has 1 unspecified atom stereocenters. The van der Waals surface area contributed by atoms with Crippen molar-refractivity contribution in [3.05, 3.63) is 21.4 Å². The summed E-state index contributed by atoms with van der Waals surface area (Å²) < 4.78 is 0. The van der Waals surface area contributed by atoms with Crippen molar-refractivity contribution < 1.29 is 4.79 Å². The number of nitrogens with one attached hydrogen (secondary N) is 1. The van der Waals surface area contributed by atoms with Crippen molar-refractivity contribution >= 4 is 17.2 Å². The Kier molecular flexibility index (Phi) is 5.90. The zero-order valence-electron chi connectivity index (χ0n) is 11.2. The van der Waals surface area contributed by atoms with Gasteiger partial charge in [-0.25, -0.2) is 0 Å². The van der Waals surface area contributed by atoms with E-state index in [1.165, 1.54) is 11.3 Å². The minimum Gasteiger partial charge on any atom is -0.349 e. The molecule has 0 spiro atoms. The first-order chi connectivity index (χ1) is 8.58. The molecule has 0 fully saturated rings. The third-order valence-electron chi connectivity index (χ3n) is 2.54. The second-order valence-corrected chi connectivity index (χ2v) is 5.34. The summed E-state index contributed by atoms with van der Waals surface area (Å²) in [4.78, 5) is 13.6. The van der Waals surface area contributed by atoms with Crippen molar-refractivity contribution in [3.63, 3.8) is 0 Å². The predicted octanol–water partition coefficient (Wildman–Crippen LogP) is 2.29. The van der Waals surface area contributed by atoms with Crippen LogP contribution < -0.4 is 11.1 Å². The minimum atomic E-state index is -0.00940. The second-order valence-electron chi connectivity index (χ2n) is 4.29. The van der Waals surface area contributed by atoms with Gasteiger partial charge in [0.15, 0.2) is 0 Å². The van der Waals surface area contributed by atoms with Gasteiger partial charge in [-0.3, -0.25) is 4.79 Å². The average molecular weight is 264 g/mol. The van der Waals surface area contributed by atoms with Crippen LogP contribution in [-0.2, 0) is 0 Å². The Morgan fingerprint density at radius 3 is 2.94 bits per heavy atom. The van der Waals surface area contributed by atoms with E-state index in [0.29, 0.717) is 6.54 Å². The summed E-state index contributed by atoms with van der Waals surface area (Å²) in [5.74, 6) is 5.80. The van der Waals surface area contributed by atoms with Crippen LogP contribution in [0.3, 0.4) is 0 Å². The molecule has 0 saturated carbocycles. The van der Waals surface area contributed by atoms with E-state index in [9.17, 15) is 4.79 Å². The maximum absolute atomic E-state index is 12.0. The quantitative estimate of drug-likeness (QED) is 0.820. The summed E-state index contributed by atoms with van der Waals surface area (Å²) in [6, 6.07) is 2.10. The lowest BCUT2D eigenvalue weighted by Gasteiger charge is -2.11. The van der Waals surface area contributed by atoms with Crippen LogP contribution >= 0.6 is 11.3 Å². The summed E-state index contributed by atoms with van der Waals surface area (Å²) in [7, 11) is 0. The molecule has 0 aromatic carbocycles. The first kappa shape index (κ1) is 14.7. The van der Waals surface area contributed by atoms with E-state index in [2.05, 4.69) is 24.1 Å². The van der Waals surface area contributed by atoms with Crippen molar-refractivity contribution in [2.24, 2.45) is 5.73 Å². The standard InChI is InChI=1S/C14H20N2OS/c1-4-6-11(3)16-14(17)13-9-10(2)12(18-13)7-5-8-15/h9,11H,4,6,8,15H2,1-3H3,(H,16,17). The molecule has 1 rings (SSSR count). The van der Waals surface area contributed by atoms with E-state index in [-0.39, 0.29) is 11.9 Å². The molecule has 4 heteroatoms. The molecule has 0 aliphatic rings. The second kappa shape index (κ2) is 7.20. The van der Waals surface area contributed by atoms with E-state index in [4.69, 9.17) is 5.73 Å². The molecule has 1 amide bonds. The van der Waals surface area contributed by atoms with Crippen LogP contribution in [-0.4, -0.2) is 18.5 Å². The highest BCUT2D eigenvalue weighted by molar-refractivity contribution is 7.14. The Bertz CT molecular complexity index is 468. The van der Waals surface area contributed by atoms with Crippen molar-refractivity contribution in [3.8, 4) is 11.8 Å². The number of carbonyl (C=O) groups excluding carboxylic acids is 1. The van der Waals surface area contributed by atoms with E-state index >= 15 is 0 Å². The van der Waals surface area contributed by atoms with Crippen molar-refractivity contribution in [1.29, 1.82) is 0 Å². The monoisotopic (exact) mass is 264 g/mol. The molecule has 0 aliphatic heterocycles. The highest BCUT2D eigenvalue weighted by Gasteiger charge is 2.13. The highest BCUT2D eigenvalue weighted by Crippen LogP contribution is 2.21. The van der Waals surface area contributed by atoms with Gasteiger partial charge in [0, 0.05) is 6.04 Å². The maximum Gasteiger partial charge on any atom is 0.261 e. The van der Waals surface area contributed by atoms with Crippen LogP contribution in [0.25, 0.3) is 0 Å². The molecule has 18 heavy (non-hydrogen) atoms. The Labute approximate surface area is 113 Å². The molecular formula is C14H20N2OS. The summed E-state index contributed by atoms with van der Waals surface area (Å²) in [5, 5.41) is 2.99. The fraction of sp³-hybridized carbons (Fsp3) is 0.500. The molecule has 0 bridgehead atoms. The highest BCUT2D eigenvalue weighted by atomic mass is 32.1. The van der Waals surface area contributed by atoms with Crippen LogP contribution in [0.4, 0.5) is 0 Å². The SMILES string of the molecule is CCCC(C)NC(=O)c1cc(C)c(C#CCN)s1. The lowest BCUT2D eigenvalue weighted by Crippen LogP contribution is -2.31. The minimum absolute atomic E-state index is 0.00940. The van der Waals surface area contributed by atoms with Crippen LogP contribution in [0.15, 0.2) is 6.07 Å². The Morgan fingerprint density at radius 2 is 2.33 bits per heavy atom. The fourth-order valence-electron chi connectivity index (χ4n) is 1.65. The summed E-state index contributed by atoms with van der Waals surface area (Å²) in [5.41, 5.74) is 6.38. The number of thiophene rings is 1. The fourth-order valence-corrected chi connectivity index (χ4v) is 2.60. The van der Waals surface area contributed by atoms with Gasteiger partial charge in [0.1, 0.15) is 0 Å². The van der Waals surface area contributed by atoms with Gasteiger partial charge in [-0.15, -0.1) is 11.3 Å². The predicted molar refractivity (Wildman–Crippen MR) is 76.8 cm³/mol. The summed E-state index contributed by atoms with van der Waals surface area (Å²) in [6.07, 6.45) is 2.06. The molecule has 3 nitrogen and oxygen atoms in total. The molecular weight excluding hydrogens is 244 g/mol. The van der Waals surface area contributed by atoms with Gasteiger partial charge in [0.2, 0.25) is 0 Å². The zero-order valence-corrected chi connectivity index (χ0v) is 12.0. The van der Waals surface area contributed by atoms with Gasteiger partial charge in [-0.05, 0) is 31.9 Å². The number of hydrogen-bond donors (Lipinski definition) is 2. The number of carbonyl (C=O) groups is 1. The van der Waals surface area contributed by atoms with Crippen molar-refractivity contribution in [2.75, 3.05) is 6.54 Å². The lowest BCUT2D eigenvalue weighted by atomic mass is 10.2. The summed E-state index contributed by atoms with van der Waals surface area (Å²) in [6.45, 7) is 6.44. The van der Waals surface area contributed by atoms with E-state index in [1.807, 2.05) is 19.9 Å². The third kappa shape index (κ3) is 4.17. The zero-order chi connectivity index (χ0) is 13.5. The molecule has 1 heterocycles. The normalized spacial score (nSPS) is 11.6. The first-order valence-corrected chi connectivity index (χ1v) is 7.00. The Morgan fingerprint density at radius 1 is 1.61 bits per heavy atom. The summed E-state index contributed by atoms with van der Waals surface area (Å²) >= 11 is 1.43. The van der Waals surface area contributed by atoms with E-state index in [0.717, 1.165) is 28.2 Å². The Balaban J connectivity index is 2.75. The van der Waals surface area contributed by atoms with Gasteiger partial charge >= 0.3 is 0 Å². The van der Waals surface area contributed by atoms with Crippen LogP contribution in [0.2, 0.25) is 0 Å². The maximum atomic E-state index is 12.0. The molecule has 1 aromatic heterocycles. The molecule has 3 N–H and O–H groups in total. The third-order valence-corrected chi connectivity index (χ3v) is 3.70. The van der Waals surface area contributed by atoms with Gasteiger partial charge in [-0.2, -0.15) is 0 Å². The first-order valence-electron chi connectivity index (χ1n) is 6.18. The number of hydrogen-bond acceptors (Lipinski definition) is 3. The molecule has 1 aromatic rings. The molecule has 0 radical (unpaired) electrons. The lowest BCUT2D eigenvalue weighted by molar-refractivity contribution is 0.0942. The molecule has 1 atom stereocenters.